The summed E-state index contributed by atoms with van der Waals surface area (Å²) in [6.07, 6.45) is 0. The lowest BCUT2D eigenvalue weighted by Crippen LogP contribution is -2.26. The molecule has 0 saturated heterocycles. The van der Waals surface area contributed by atoms with Crippen LogP contribution in [0.5, 0.6) is 11.5 Å². The van der Waals surface area contributed by atoms with Crippen molar-refractivity contribution in [3.8, 4) is 11.5 Å². The number of phenols is 1. The molecule has 0 radical (unpaired) electrons. The van der Waals surface area contributed by atoms with E-state index in [-0.39, 0.29) is 5.75 Å². The Morgan fingerprint density at radius 3 is 2.67 bits per heavy atom. The monoisotopic (exact) mass is 209 g/mol. The van der Waals surface area contributed by atoms with Gasteiger partial charge in [-0.2, -0.15) is 0 Å². The number of benzene rings is 1. The Morgan fingerprint density at radius 2 is 2.13 bits per heavy atom. The number of aromatic hydroxyl groups is 1. The third kappa shape index (κ3) is 3.80. The van der Waals surface area contributed by atoms with E-state index in [1.54, 1.807) is 18.2 Å². The number of rotatable bonds is 5. The zero-order valence-corrected chi connectivity index (χ0v) is 9.31. The van der Waals surface area contributed by atoms with Crippen molar-refractivity contribution in [3.63, 3.8) is 0 Å². The molecule has 0 aliphatic rings. The first-order valence-electron chi connectivity index (χ1n) is 5.25. The Morgan fingerprint density at radius 1 is 1.40 bits per heavy atom. The highest BCUT2D eigenvalue weighted by molar-refractivity contribution is 5.31. The maximum atomic E-state index is 9.24. The first-order chi connectivity index (χ1) is 7.13. The number of nitrogens with two attached hydrogens (primary N) is 1. The predicted molar refractivity (Wildman–Crippen MR) is 61.0 cm³/mol. The molecule has 1 aromatic rings. The largest absolute Gasteiger partial charge is 0.508 e. The molecule has 0 fully saturated rings. The molecule has 1 unspecified atom stereocenters. The van der Waals surface area contributed by atoms with Crippen molar-refractivity contribution < 1.29 is 9.84 Å². The molecule has 3 nitrogen and oxygen atoms in total. The fourth-order valence-electron chi connectivity index (χ4n) is 1.31. The zero-order chi connectivity index (χ0) is 11.3. The van der Waals surface area contributed by atoms with Gasteiger partial charge in [0, 0.05) is 12.0 Å². The van der Waals surface area contributed by atoms with Crippen LogP contribution in [0.25, 0.3) is 0 Å². The Bertz CT molecular complexity index is 299. The van der Waals surface area contributed by atoms with Gasteiger partial charge in [0.1, 0.15) is 11.5 Å². The number of phenolic OH excluding ortho intramolecular Hbond substituents is 1. The molecule has 1 atom stereocenters. The molecular weight excluding hydrogens is 190 g/mol. The van der Waals surface area contributed by atoms with Gasteiger partial charge in [0.2, 0.25) is 0 Å². The third-order valence-corrected chi connectivity index (χ3v) is 2.53. The van der Waals surface area contributed by atoms with Crippen molar-refractivity contribution in [1.82, 2.24) is 0 Å². The summed E-state index contributed by atoms with van der Waals surface area (Å²) in [6.45, 7) is 5.47. The summed E-state index contributed by atoms with van der Waals surface area (Å²) >= 11 is 0. The number of ether oxygens (including phenoxy) is 1. The van der Waals surface area contributed by atoms with Crippen LogP contribution in [0, 0.1) is 11.8 Å². The summed E-state index contributed by atoms with van der Waals surface area (Å²) in [5, 5.41) is 9.24. The van der Waals surface area contributed by atoms with E-state index in [2.05, 4.69) is 13.8 Å². The van der Waals surface area contributed by atoms with Crippen molar-refractivity contribution >= 4 is 0 Å². The van der Waals surface area contributed by atoms with Gasteiger partial charge in [0.15, 0.2) is 0 Å². The number of hydrogen-bond acceptors (Lipinski definition) is 3. The first-order valence-corrected chi connectivity index (χ1v) is 5.25. The first kappa shape index (κ1) is 11.9. The van der Waals surface area contributed by atoms with Gasteiger partial charge in [-0.05, 0) is 24.6 Å². The van der Waals surface area contributed by atoms with Gasteiger partial charge in [-0.25, -0.2) is 0 Å². The molecule has 15 heavy (non-hydrogen) atoms. The summed E-state index contributed by atoms with van der Waals surface area (Å²) in [6, 6.07) is 6.81. The molecule has 0 aromatic heterocycles. The van der Waals surface area contributed by atoms with E-state index in [4.69, 9.17) is 10.5 Å². The summed E-state index contributed by atoms with van der Waals surface area (Å²) in [5.74, 6) is 1.77. The minimum Gasteiger partial charge on any atom is -0.508 e. The molecule has 84 valence electrons. The van der Waals surface area contributed by atoms with Crippen molar-refractivity contribution in [2.45, 2.75) is 13.8 Å². The van der Waals surface area contributed by atoms with Gasteiger partial charge < -0.3 is 15.6 Å². The lowest BCUT2D eigenvalue weighted by atomic mass is 9.97. The Hall–Kier alpha value is -1.22. The standard InChI is InChI=1S/C12H19NO2/c1-9(2)10(7-13)8-15-12-5-3-4-11(14)6-12/h3-6,9-10,14H,7-8,13H2,1-2H3. The van der Waals surface area contributed by atoms with Crippen LogP contribution in [0.15, 0.2) is 24.3 Å². The van der Waals surface area contributed by atoms with Gasteiger partial charge >= 0.3 is 0 Å². The van der Waals surface area contributed by atoms with E-state index in [1.807, 2.05) is 6.07 Å². The van der Waals surface area contributed by atoms with Crippen molar-refractivity contribution in [2.75, 3.05) is 13.2 Å². The molecule has 3 heteroatoms. The van der Waals surface area contributed by atoms with Gasteiger partial charge in [-0.3, -0.25) is 0 Å². The lowest BCUT2D eigenvalue weighted by molar-refractivity contribution is 0.214. The second kappa shape index (κ2) is 5.61. The summed E-state index contributed by atoms with van der Waals surface area (Å²) in [4.78, 5) is 0. The molecular formula is C12H19NO2. The van der Waals surface area contributed by atoms with Crippen molar-refractivity contribution in [1.29, 1.82) is 0 Å². The normalized spacial score (nSPS) is 12.8. The summed E-state index contributed by atoms with van der Waals surface area (Å²) in [5.41, 5.74) is 5.64. The van der Waals surface area contributed by atoms with E-state index in [0.717, 1.165) is 0 Å². The fourth-order valence-corrected chi connectivity index (χ4v) is 1.31. The highest BCUT2D eigenvalue weighted by atomic mass is 16.5. The Balaban J connectivity index is 2.49. The van der Waals surface area contributed by atoms with Crippen LogP contribution < -0.4 is 10.5 Å². The highest BCUT2D eigenvalue weighted by Gasteiger charge is 2.12. The molecule has 1 aromatic carbocycles. The second-order valence-corrected chi connectivity index (χ2v) is 4.05. The maximum absolute atomic E-state index is 9.24. The molecule has 0 aliphatic heterocycles. The van der Waals surface area contributed by atoms with Crippen LogP contribution in [0.4, 0.5) is 0 Å². The van der Waals surface area contributed by atoms with E-state index in [0.29, 0.717) is 30.7 Å². The molecule has 1 rings (SSSR count). The van der Waals surface area contributed by atoms with Crippen LogP contribution in [-0.2, 0) is 0 Å². The van der Waals surface area contributed by atoms with Crippen LogP contribution in [0.1, 0.15) is 13.8 Å². The molecule has 0 heterocycles. The molecule has 0 bridgehead atoms. The Labute approximate surface area is 90.9 Å². The van der Waals surface area contributed by atoms with E-state index >= 15 is 0 Å². The molecule has 0 amide bonds. The quantitative estimate of drug-likeness (QED) is 0.779. The molecule has 0 aliphatic carbocycles. The minimum absolute atomic E-state index is 0.223. The third-order valence-electron chi connectivity index (χ3n) is 2.53. The molecule has 3 N–H and O–H groups in total. The minimum atomic E-state index is 0.223. The molecule has 0 spiro atoms. The predicted octanol–water partition coefficient (Wildman–Crippen LogP) is 2.00. The second-order valence-electron chi connectivity index (χ2n) is 4.05. The zero-order valence-electron chi connectivity index (χ0n) is 9.31. The van der Waals surface area contributed by atoms with Crippen molar-refractivity contribution in [3.05, 3.63) is 24.3 Å². The average Bonchev–Trinajstić information content (AvgIpc) is 2.18. The summed E-state index contributed by atoms with van der Waals surface area (Å²) < 4.78 is 5.56. The van der Waals surface area contributed by atoms with Gasteiger partial charge in [-0.1, -0.05) is 19.9 Å². The van der Waals surface area contributed by atoms with Crippen LogP contribution in [0.2, 0.25) is 0 Å². The SMILES string of the molecule is CC(C)C(CN)COc1cccc(O)c1. The van der Waals surface area contributed by atoms with E-state index in [1.165, 1.54) is 0 Å². The van der Waals surface area contributed by atoms with Crippen LogP contribution >= 0.6 is 0 Å². The molecule has 0 saturated carbocycles. The van der Waals surface area contributed by atoms with Gasteiger partial charge in [0.25, 0.3) is 0 Å². The fraction of sp³-hybridized carbons (Fsp3) is 0.500. The van der Waals surface area contributed by atoms with Crippen LogP contribution in [0.3, 0.4) is 0 Å². The average molecular weight is 209 g/mol. The summed E-state index contributed by atoms with van der Waals surface area (Å²) in [7, 11) is 0. The van der Waals surface area contributed by atoms with E-state index < -0.39 is 0 Å². The van der Waals surface area contributed by atoms with Crippen molar-refractivity contribution in [2.24, 2.45) is 17.6 Å². The maximum Gasteiger partial charge on any atom is 0.122 e. The smallest absolute Gasteiger partial charge is 0.122 e. The lowest BCUT2D eigenvalue weighted by Gasteiger charge is -2.19. The van der Waals surface area contributed by atoms with Gasteiger partial charge in [-0.15, -0.1) is 0 Å². The Kier molecular flexibility index (Phi) is 4.43. The highest BCUT2D eigenvalue weighted by Crippen LogP contribution is 2.19. The number of hydrogen-bond donors (Lipinski definition) is 2. The van der Waals surface area contributed by atoms with Crippen LogP contribution in [-0.4, -0.2) is 18.3 Å². The van der Waals surface area contributed by atoms with E-state index in [9.17, 15) is 5.11 Å². The van der Waals surface area contributed by atoms with Gasteiger partial charge in [0.05, 0.1) is 6.61 Å². The topological polar surface area (TPSA) is 55.5 Å².